The van der Waals surface area contributed by atoms with E-state index in [1.807, 2.05) is 13.8 Å². The number of aliphatic carboxylic acids is 2. The zero-order valence-electron chi connectivity index (χ0n) is 27.3. The van der Waals surface area contributed by atoms with Gasteiger partial charge in [0.2, 0.25) is 24.1 Å². The number of imide groups is 1. The molecule has 4 amide bonds. The number of carboxylic acid groups (broad SMARTS) is 2. The molecule has 0 aliphatic rings. The number of hydrogen-bond acceptors (Lipinski definition) is 6. The SMILES string of the molecule is CC(C)CC(=O)N(C=O)CCCCCC(=O)NCC(NC(=O)CCCCCCCCCCCCCCCCC(=O)O)C(=O)O. The number of carbonyl (C=O) groups excluding carboxylic acids is 4. The van der Waals surface area contributed by atoms with Crippen LogP contribution in [0.3, 0.4) is 0 Å². The Morgan fingerprint density at radius 2 is 1.07 bits per heavy atom. The van der Waals surface area contributed by atoms with Gasteiger partial charge in [0.15, 0.2) is 0 Å². The van der Waals surface area contributed by atoms with Crippen LogP contribution in [0, 0.1) is 5.92 Å². The standard InChI is InChI=1S/C33H59N3O8/c1-27(2)24-31(40)36(26-37)23-19-15-17-20-29(38)34-25-28(33(43)44)35-30(39)21-16-13-11-9-7-5-3-4-6-8-10-12-14-18-22-32(41)42/h26-28H,3-25H2,1-2H3,(H,34,38)(H,35,39)(H,41,42)(H,43,44). The summed E-state index contributed by atoms with van der Waals surface area (Å²) >= 11 is 0. The molecular formula is C33H59N3O8. The van der Waals surface area contributed by atoms with Crippen molar-refractivity contribution < 1.29 is 39.0 Å². The topological polar surface area (TPSA) is 170 Å². The van der Waals surface area contributed by atoms with Crippen molar-refractivity contribution in [3.8, 4) is 0 Å². The predicted molar refractivity (Wildman–Crippen MR) is 170 cm³/mol. The van der Waals surface area contributed by atoms with Gasteiger partial charge in [0, 0.05) is 38.8 Å². The van der Waals surface area contributed by atoms with Gasteiger partial charge in [-0.05, 0) is 31.6 Å². The van der Waals surface area contributed by atoms with Crippen LogP contribution >= 0.6 is 0 Å². The van der Waals surface area contributed by atoms with Gasteiger partial charge in [0.25, 0.3) is 0 Å². The molecule has 0 saturated heterocycles. The van der Waals surface area contributed by atoms with Crippen LogP contribution in [0.15, 0.2) is 0 Å². The molecule has 0 aromatic carbocycles. The number of nitrogens with zero attached hydrogens (tertiary/aromatic N) is 1. The zero-order valence-corrected chi connectivity index (χ0v) is 27.3. The van der Waals surface area contributed by atoms with E-state index in [9.17, 15) is 33.9 Å². The summed E-state index contributed by atoms with van der Waals surface area (Å²) in [6.45, 7) is 3.95. The lowest BCUT2D eigenvalue weighted by molar-refractivity contribution is -0.142. The third-order valence-corrected chi connectivity index (χ3v) is 7.51. The second-order valence-corrected chi connectivity index (χ2v) is 12.2. The van der Waals surface area contributed by atoms with Crippen LogP contribution in [-0.2, 0) is 28.8 Å². The van der Waals surface area contributed by atoms with E-state index in [1.54, 1.807) is 0 Å². The van der Waals surface area contributed by atoms with Crippen molar-refractivity contribution >= 4 is 36.1 Å². The highest BCUT2D eigenvalue weighted by atomic mass is 16.4. The van der Waals surface area contributed by atoms with Gasteiger partial charge in [0.1, 0.15) is 6.04 Å². The molecule has 11 nitrogen and oxygen atoms in total. The van der Waals surface area contributed by atoms with E-state index in [-0.39, 0.29) is 49.4 Å². The molecule has 0 aliphatic carbocycles. The van der Waals surface area contributed by atoms with E-state index in [0.29, 0.717) is 45.1 Å². The van der Waals surface area contributed by atoms with Crippen LogP contribution in [0.4, 0.5) is 0 Å². The number of carbonyl (C=O) groups is 6. The highest BCUT2D eigenvalue weighted by Crippen LogP contribution is 2.14. The quantitative estimate of drug-likeness (QED) is 0.0591. The van der Waals surface area contributed by atoms with Crippen LogP contribution < -0.4 is 10.6 Å². The monoisotopic (exact) mass is 625 g/mol. The Labute approximate surface area is 264 Å². The average molecular weight is 626 g/mol. The second-order valence-electron chi connectivity index (χ2n) is 12.2. The molecule has 0 aromatic rings. The van der Waals surface area contributed by atoms with Crippen molar-refractivity contribution in [2.75, 3.05) is 13.1 Å². The van der Waals surface area contributed by atoms with Crippen LogP contribution in [0.25, 0.3) is 0 Å². The molecule has 0 spiro atoms. The van der Waals surface area contributed by atoms with E-state index in [4.69, 9.17) is 5.11 Å². The van der Waals surface area contributed by atoms with Gasteiger partial charge in [-0.25, -0.2) is 4.79 Å². The third-order valence-electron chi connectivity index (χ3n) is 7.51. The number of amides is 4. The molecule has 0 radical (unpaired) electrons. The van der Waals surface area contributed by atoms with Crippen molar-refractivity contribution in [1.29, 1.82) is 0 Å². The summed E-state index contributed by atoms with van der Waals surface area (Å²) in [5, 5.41) is 23.1. The minimum Gasteiger partial charge on any atom is -0.481 e. The maximum atomic E-state index is 12.2. The van der Waals surface area contributed by atoms with Gasteiger partial charge in [0.05, 0.1) is 0 Å². The van der Waals surface area contributed by atoms with Crippen LogP contribution in [-0.4, -0.2) is 70.3 Å². The fraction of sp³-hybridized carbons (Fsp3) is 0.818. The van der Waals surface area contributed by atoms with E-state index >= 15 is 0 Å². The molecule has 0 heterocycles. The molecule has 1 atom stereocenters. The molecular weight excluding hydrogens is 566 g/mol. The minimum atomic E-state index is -1.20. The van der Waals surface area contributed by atoms with E-state index in [0.717, 1.165) is 38.5 Å². The van der Waals surface area contributed by atoms with Gasteiger partial charge in [-0.15, -0.1) is 0 Å². The van der Waals surface area contributed by atoms with Gasteiger partial charge in [-0.2, -0.15) is 0 Å². The van der Waals surface area contributed by atoms with Crippen molar-refractivity contribution in [2.45, 2.75) is 155 Å². The normalized spacial score (nSPS) is 11.6. The number of carboxylic acids is 2. The zero-order chi connectivity index (χ0) is 33.0. The Morgan fingerprint density at radius 3 is 1.50 bits per heavy atom. The summed E-state index contributed by atoms with van der Waals surface area (Å²) in [4.78, 5) is 70.7. The number of hydrogen-bond donors (Lipinski definition) is 4. The summed E-state index contributed by atoms with van der Waals surface area (Å²) in [5.41, 5.74) is 0. The Kier molecular flexibility index (Phi) is 25.7. The van der Waals surface area contributed by atoms with Gasteiger partial charge >= 0.3 is 11.9 Å². The minimum absolute atomic E-state index is 0.169. The highest BCUT2D eigenvalue weighted by molar-refractivity contribution is 5.86. The maximum Gasteiger partial charge on any atom is 0.328 e. The highest BCUT2D eigenvalue weighted by Gasteiger charge is 2.20. The largest absolute Gasteiger partial charge is 0.481 e. The summed E-state index contributed by atoms with van der Waals surface area (Å²) in [5.74, 6) is -2.59. The fourth-order valence-electron chi connectivity index (χ4n) is 4.90. The van der Waals surface area contributed by atoms with Gasteiger partial charge in [-0.1, -0.05) is 97.3 Å². The fourth-order valence-corrected chi connectivity index (χ4v) is 4.90. The van der Waals surface area contributed by atoms with Crippen molar-refractivity contribution in [3.63, 3.8) is 0 Å². The lowest BCUT2D eigenvalue weighted by atomic mass is 10.0. The molecule has 0 aliphatic heterocycles. The lowest BCUT2D eigenvalue weighted by Crippen LogP contribution is -2.48. The Hall–Kier alpha value is -2.98. The third kappa shape index (κ3) is 25.5. The maximum absolute atomic E-state index is 12.2. The predicted octanol–water partition coefficient (Wildman–Crippen LogP) is 5.59. The van der Waals surface area contributed by atoms with Crippen LogP contribution in [0.5, 0.6) is 0 Å². The van der Waals surface area contributed by atoms with Crippen molar-refractivity contribution in [2.24, 2.45) is 5.92 Å². The molecule has 0 aromatic heterocycles. The van der Waals surface area contributed by atoms with E-state index < -0.39 is 18.0 Å². The molecule has 11 heteroatoms. The Morgan fingerprint density at radius 1 is 0.636 bits per heavy atom. The van der Waals surface area contributed by atoms with Crippen molar-refractivity contribution in [3.05, 3.63) is 0 Å². The Balaban J connectivity index is 3.82. The van der Waals surface area contributed by atoms with E-state index in [2.05, 4.69) is 10.6 Å². The number of unbranched alkanes of at least 4 members (excludes halogenated alkanes) is 15. The molecule has 0 saturated carbocycles. The molecule has 0 bridgehead atoms. The first kappa shape index (κ1) is 41.0. The second kappa shape index (κ2) is 27.6. The first-order chi connectivity index (χ1) is 21.1. The molecule has 44 heavy (non-hydrogen) atoms. The Bertz CT molecular complexity index is 834. The number of nitrogens with one attached hydrogen (secondary N) is 2. The summed E-state index contributed by atoms with van der Waals surface area (Å²) < 4.78 is 0. The smallest absolute Gasteiger partial charge is 0.328 e. The average Bonchev–Trinajstić information content (AvgIpc) is 2.96. The lowest BCUT2D eigenvalue weighted by Gasteiger charge is -2.17. The summed E-state index contributed by atoms with van der Waals surface area (Å²) in [6.07, 6.45) is 18.5. The van der Waals surface area contributed by atoms with Crippen LogP contribution in [0.2, 0.25) is 0 Å². The van der Waals surface area contributed by atoms with Gasteiger partial charge < -0.3 is 20.8 Å². The summed E-state index contributed by atoms with van der Waals surface area (Å²) in [7, 11) is 0. The van der Waals surface area contributed by atoms with Gasteiger partial charge in [-0.3, -0.25) is 28.9 Å². The molecule has 1 unspecified atom stereocenters. The first-order valence-electron chi connectivity index (χ1n) is 16.8. The molecule has 254 valence electrons. The van der Waals surface area contributed by atoms with Crippen LogP contribution in [0.1, 0.15) is 149 Å². The molecule has 4 N–H and O–H groups in total. The summed E-state index contributed by atoms with van der Waals surface area (Å²) in [6, 6.07) is -1.18. The molecule has 0 fully saturated rings. The molecule has 0 rings (SSSR count). The van der Waals surface area contributed by atoms with Crippen molar-refractivity contribution in [1.82, 2.24) is 15.5 Å². The number of rotatable bonds is 30. The first-order valence-corrected chi connectivity index (χ1v) is 16.8. The van der Waals surface area contributed by atoms with E-state index in [1.165, 1.54) is 49.8 Å².